The average molecular weight is 409 g/mol. The molecule has 0 radical (unpaired) electrons. The number of hydrogen-bond donors (Lipinski definition) is 1. The van der Waals surface area contributed by atoms with Gasteiger partial charge < -0.3 is 15.0 Å². The number of methoxy groups -OCH3 is 1. The standard InChI is InChI=1S/C25H32N2O3/c1-4-6-17-27-23(28)16-15-20(24(27)19-12-8-10-14-22(19)30-3)25(29)26-21-13-9-7-11-18(21)5-2/h7-14,20,24H,4-6,15-17H2,1-3H3,(H,26,29)/t20-,24-/m0/s1. The van der Waals surface area contributed by atoms with Crippen LogP contribution in [0.5, 0.6) is 5.75 Å². The van der Waals surface area contributed by atoms with Crippen LogP contribution < -0.4 is 10.1 Å². The van der Waals surface area contributed by atoms with E-state index in [2.05, 4.69) is 19.2 Å². The van der Waals surface area contributed by atoms with Crippen LogP contribution in [0.2, 0.25) is 0 Å². The Kier molecular flexibility index (Phi) is 7.50. The Morgan fingerprint density at radius 1 is 1.13 bits per heavy atom. The zero-order valence-corrected chi connectivity index (χ0v) is 18.2. The summed E-state index contributed by atoms with van der Waals surface area (Å²) in [5, 5.41) is 3.14. The van der Waals surface area contributed by atoms with Crippen LogP contribution in [-0.4, -0.2) is 30.4 Å². The number of hydrogen-bond acceptors (Lipinski definition) is 3. The minimum absolute atomic E-state index is 0.0409. The first-order valence-electron chi connectivity index (χ1n) is 10.9. The Balaban J connectivity index is 1.97. The van der Waals surface area contributed by atoms with E-state index in [1.807, 2.05) is 53.4 Å². The Morgan fingerprint density at radius 2 is 1.87 bits per heavy atom. The van der Waals surface area contributed by atoms with Gasteiger partial charge in [0.2, 0.25) is 11.8 Å². The average Bonchev–Trinajstić information content (AvgIpc) is 2.78. The highest BCUT2D eigenvalue weighted by Gasteiger charge is 2.41. The van der Waals surface area contributed by atoms with Crippen molar-refractivity contribution in [3.05, 3.63) is 59.7 Å². The maximum Gasteiger partial charge on any atom is 0.229 e. The van der Waals surface area contributed by atoms with Crippen molar-refractivity contribution in [3.8, 4) is 5.75 Å². The van der Waals surface area contributed by atoms with Gasteiger partial charge in [0.05, 0.1) is 19.1 Å². The lowest BCUT2D eigenvalue weighted by atomic mass is 9.83. The van der Waals surface area contributed by atoms with Crippen molar-refractivity contribution >= 4 is 17.5 Å². The van der Waals surface area contributed by atoms with Crippen molar-refractivity contribution in [1.82, 2.24) is 4.90 Å². The summed E-state index contributed by atoms with van der Waals surface area (Å²) in [4.78, 5) is 28.2. The molecule has 1 heterocycles. The van der Waals surface area contributed by atoms with Gasteiger partial charge in [0, 0.05) is 24.2 Å². The molecule has 5 nitrogen and oxygen atoms in total. The summed E-state index contributed by atoms with van der Waals surface area (Å²) in [5.41, 5.74) is 2.85. The zero-order chi connectivity index (χ0) is 21.5. The molecule has 2 aromatic carbocycles. The van der Waals surface area contributed by atoms with E-state index in [1.165, 1.54) is 0 Å². The molecule has 2 atom stereocenters. The Labute approximate surface area is 179 Å². The highest BCUT2D eigenvalue weighted by Crippen LogP contribution is 2.41. The summed E-state index contributed by atoms with van der Waals surface area (Å²) < 4.78 is 5.60. The lowest BCUT2D eigenvalue weighted by Crippen LogP contribution is -2.47. The summed E-state index contributed by atoms with van der Waals surface area (Å²) >= 11 is 0. The monoisotopic (exact) mass is 408 g/mol. The molecule has 0 saturated carbocycles. The molecule has 2 aromatic rings. The molecule has 1 saturated heterocycles. The van der Waals surface area contributed by atoms with Crippen LogP contribution in [0.4, 0.5) is 5.69 Å². The number of rotatable bonds is 8. The first-order valence-corrected chi connectivity index (χ1v) is 10.9. The minimum Gasteiger partial charge on any atom is -0.496 e. The Bertz CT molecular complexity index is 880. The number of piperidine rings is 1. The van der Waals surface area contributed by atoms with Gasteiger partial charge >= 0.3 is 0 Å². The number of nitrogens with one attached hydrogen (secondary N) is 1. The van der Waals surface area contributed by atoms with E-state index in [0.717, 1.165) is 36.1 Å². The molecule has 3 rings (SSSR count). The fourth-order valence-electron chi connectivity index (χ4n) is 4.29. The number of para-hydroxylation sites is 2. The molecule has 1 N–H and O–H groups in total. The summed E-state index contributed by atoms with van der Waals surface area (Å²) in [5.74, 6) is 0.449. The third-order valence-corrected chi connectivity index (χ3v) is 5.91. The van der Waals surface area contributed by atoms with E-state index in [-0.39, 0.29) is 23.8 Å². The highest BCUT2D eigenvalue weighted by molar-refractivity contribution is 5.95. The van der Waals surface area contributed by atoms with Gasteiger partial charge in [-0.2, -0.15) is 0 Å². The molecule has 5 heteroatoms. The maximum absolute atomic E-state index is 13.5. The van der Waals surface area contributed by atoms with Gasteiger partial charge in [-0.05, 0) is 37.0 Å². The van der Waals surface area contributed by atoms with Gasteiger partial charge in [-0.15, -0.1) is 0 Å². The lowest BCUT2D eigenvalue weighted by Gasteiger charge is -2.41. The fraction of sp³-hybridized carbons (Fsp3) is 0.440. The van der Waals surface area contributed by atoms with Crippen LogP contribution in [0.15, 0.2) is 48.5 Å². The summed E-state index contributed by atoms with van der Waals surface area (Å²) in [6.45, 7) is 4.83. The van der Waals surface area contributed by atoms with Crippen LogP contribution in [0.1, 0.15) is 56.7 Å². The van der Waals surface area contributed by atoms with Gasteiger partial charge in [-0.1, -0.05) is 56.7 Å². The second-order valence-electron chi connectivity index (χ2n) is 7.77. The van der Waals surface area contributed by atoms with Crippen LogP contribution in [0, 0.1) is 5.92 Å². The normalized spacial score (nSPS) is 18.9. The second-order valence-corrected chi connectivity index (χ2v) is 7.77. The first kappa shape index (κ1) is 21.9. The van der Waals surface area contributed by atoms with Gasteiger partial charge in [0.15, 0.2) is 0 Å². The van der Waals surface area contributed by atoms with Gasteiger partial charge in [0.25, 0.3) is 0 Å². The number of nitrogens with zero attached hydrogens (tertiary/aromatic N) is 1. The number of anilines is 1. The van der Waals surface area contributed by atoms with Crippen molar-refractivity contribution in [2.45, 2.75) is 52.0 Å². The van der Waals surface area contributed by atoms with Crippen LogP contribution in [0.3, 0.4) is 0 Å². The van der Waals surface area contributed by atoms with Crippen molar-refractivity contribution in [3.63, 3.8) is 0 Å². The predicted octanol–water partition coefficient (Wildman–Crippen LogP) is 4.98. The minimum atomic E-state index is -0.333. The number of carbonyl (C=O) groups excluding carboxylic acids is 2. The van der Waals surface area contributed by atoms with E-state index < -0.39 is 0 Å². The number of likely N-dealkylation sites (tertiary alicyclic amines) is 1. The van der Waals surface area contributed by atoms with E-state index in [1.54, 1.807) is 7.11 Å². The molecule has 1 fully saturated rings. The topological polar surface area (TPSA) is 58.6 Å². The van der Waals surface area contributed by atoms with Crippen molar-refractivity contribution in [1.29, 1.82) is 0 Å². The molecule has 0 unspecified atom stereocenters. The zero-order valence-electron chi connectivity index (χ0n) is 18.2. The summed E-state index contributed by atoms with van der Waals surface area (Å²) in [6, 6.07) is 15.3. The molecule has 30 heavy (non-hydrogen) atoms. The molecule has 160 valence electrons. The van der Waals surface area contributed by atoms with Gasteiger partial charge in [-0.3, -0.25) is 9.59 Å². The summed E-state index contributed by atoms with van der Waals surface area (Å²) in [6.07, 6.45) is 3.67. The lowest BCUT2D eigenvalue weighted by molar-refractivity contribution is -0.142. The van der Waals surface area contributed by atoms with Crippen LogP contribution >= 0.6 is 0 Å². The SMILES string of the molecule is CCCCN1C(=O)CC[C@H](C(=O)Nc2ccccc2CC)[C@@H]1c1ccccc1OC. The number of amides is 2. The number of aryl methyl sites for hydroxylation is 1. The second kappa shape index (κ2) is 10.3. The van der Waals surface area contributed by atoms with E-state index in [9.17, 15) is 9.59 Å². The number of ether oxygens (including phenoxy) is 1. The molecule has 0 aromatic heterocycles. The quantitative estimate of drug-likeness (QED) is 0.670. The third-order valence-electron chi connectivity index (χ3n) is 5.91. The van der Waals surface area contributed by atoms with E-state index in [4.69, 9.17) is 4.74 Å². The molecule has 1 aliphatic heterocycles. The fourth-order valence-corrected chi connectivity index (χ4v) is 4.29. The molecule has 0 bridgehead atoms. The smallest absolute Gasteiger partial charge is 0.229 e. The Morgan fingerprint density at radius 3 is 2.60 bits per heavy atom. The van der Waals surface area contributed by atoms with E-state index in [0.29, 0.717) is 25.1 Å². The van der Waals surface area contributed by atoms with Gasteiger partial charge in [-0.25, -0.2) is 0 Å². The first-order chi connectivity index (χ1) is 14.6. The van der Waals surface area contributed by atoms with Crippen LogP contribution in [0.25, 0.3) is 0 Å². The van der Waals surface area contributed by atoms with Crippen LogP contribution in [-0.2, 0) is 16.0 Å². The highest BCUT2D eigenvalue weighted by atomic mass is 16.5. The van der Waals surface area contributed by atoms with Crippen molar-refractivity contribution in [2.24, 2.45) is 5.92 Å². The molecule has 1 aliphatic rings. The number of unbranched alkanes of at least 4 members (excludes halogenated alkanes) is 1. The molecular weight excluding hydrogens is 376 g/mol. The molecule has 0 aliphatic carbocycles. The van der Waals surface area contributed by atoms with E-state index >= 15 is 0 Å². The maximum atomic E-state index is 13.5. The number of benzene rings is 2. The molecule has 0 spiro atoms. The van der Waals surface area contributed by atoms with Crippen molar-refractivity contribution in [2.75, 3.05) is 19.0 Å². The van der Waals surface area contributed by atoms with Crippen molar-refractivity contribution < 1.29 is 14.3 Å². The van der Waals surface area contributed by atoms with Gasteiger partial charge in [0.1, 0.15) is 5.75 Å². The summed E-state index contributed by atoms with van der Waals surface area (Å²) in [7, 11) is 1.63. The molecule has 2 amide bonds. The largest absolute Gasteiger partial charge is 0.496 e. The Hall–Kier alpha value is -2.82. The molecular formula is C25H32N2O3. The predicted molar refractivity (Wildman–Crippen MR) is 120 cm³/mol. The number of carbonyl (C=O) groups is 2. The third kappa shape index (κ3) is 4.66.